The fraction of sp³-hybridized carbons (Fsp3) is 0.929. The Morgan fingerprint density at radius 1 is 1.29 bits per heavy atom. The second-order valence-electron chi connectivity index (χ2n) is 5.60. The van der Waals surface area contributed by atoms with E-state index in [0.29, 0.717) is 24.3 Å². The summed E-state index contributed by atoms with van der Waals surface area (Å²) in [5.74, 6) is 1.05. The van der Waals surface area contributed by atoms with Gasteiger partial charge in [0.2, 0.25) is 5.91 Å². The quantitative estimate of drug-likeness (QED) is 0.630. The van der Waals surface area contributed by atoms with Crippen LogP contribution in [0.1, 0.15) is 58.8 Å². The van der Waals surface area contributed by atoms with Crippen molar-refractivity contribution in [2.45, 2.75) is 64.8 Å². The van der Waals surface area contributed by atoms with Gasteiger partial charge in [0.15, 0.2) is 0 Å². The van der Waals surface area contributed by atoms with E-state index in [0.717, 1.165) is 38.8 Å². The van der Waals surface area contributed by atoms with Crippen LogP contribution in [0.5, 0.6) is 0 Å². The molecule has 0 heterocycles. The second-order valence-corrected chi connectivity index (χ2v) is 5.60. The highest BCUT2D eigenvalue weighted by molar-refractivity contribution is 5.76. The van der Waals surface area contributed by atoms with Crippen LogP contribution in [0.25, 0.3) is 0 Å². The van der Waals surface area contributed by atoms with Crippen LogP contribution in [0.2, 0.25) is 0 Å². The minimum atomic E-state index is 0.366. The van der Waals surface area contributed by atoms with Gasteiger partial charge in [0.1, 0.15) is 0 Å². The number of amides is 1. The molecule has 0 spiro atoms. The molecule has 0 atom stereocenters. The lowest BCUT2D eigenvalue weighted by Crippen LogP contribution is -2.34. The van der Waals surface area contributed by atoms with Crippen molar-refractivity contribution in [3.05, 3.63) is 0 Å². The molecule has 3 nitrogen and oxygen atoms in total. The molecule has 0 aliphatic heterocycles. The summed E-state index contributed by atoms with van der Waals surface area (Å²) in [6.07, 6.45) is 7.41. The summed E-state index contributed by atoms with van der Waals surface area (Å²) in [7, 11) is 0. The average Bonchev–Trinajstić information content (AvgIpc) is 3.08. The molecule has 2 N–H and O–H groups in total. The summed E-state index contributed by atoms with van der Waals surface area (Å²) >= 11 is 0. The van der Waals surface area contributed by atoms with Gasteiger partial charge in [0.25, 0.3) is 0 Å². The van der Waals surface area contributed by atoms with Crippen molar-refractivity contribution in [2.75, 3.05) is 13.1 Å². The van der Waals surface area contributed by atoms with E-state index < -0.39 is 0 Å². The van der Waals surface area contributed by atoms with Gasteiger partial charge < -0.3 is 10.6 Å². The monoisotopic (exact) mass is 240 g/mol. The summed E-state index contributed by atoms with van der Waals surface area (Å²) in [5.41, 5.74) is 5.45. The van der Waals surface area contributed by atoms with Gasteiger partial charge in [-0.1, -0.05) is 20.3 Å². The summed E-state index contributed by atoms with van der Waals surface area (Å²) in [6.45, 7) is 6.14. The third-order valence-electron chi connectivity index (χ3n) is 3.35. The van der Waals surface area contributed by atoms with Crippen molar-refractivity contribution < 1.29 is 4.79 Å². The predicted octanol–water partition coefficient (Wildman–Crippen LogP) is 2.54. The molecule has 1 amide bonds. The van der Waals surface area contributed by atoms with Crippen molar-refractivity contribution >= 4 is 5.91 Å². The topological polar surface area (TPSA) is 46.3 Å². The molecule has 0 radical (unpaired) electrons. The second kappa shape index (κ2) is 7.70. The maximum atomic E-state index is 12.1. The maximum Gasteiger partial charge on any atom is 0.222 e. The van der Waals surface area contributed by atoms with Gasteiger partial charge in [0.05, 0.1) is 0 Å². The predicted molar refractivity (Wildman–Crippen MR) is 71.7 cm³/mol. The van der Waals surface area contributed by atoms with Crippen molar-refractivity contribution in [1.82, 2.24) is 4.90 Å². The molecule has 1 aliphatic rings. The Morgan fingerprint density at radius 2 is 2.00 bits per heavy atom. The van der Waals surface area contributed by atoms with Crippen molar-refractivity contribution in [3.8, 4) is 0 Å². The van der Waals surface area contributed by atoms with Gasteiger partial charge >= 0.3 is 0 Å². The summed E-state index contributed by atoms with van der Waals surface area (Å²) in [5, 5.41) is 0. The Labute approximate surface area is 106 Å². The lowest BCUT2D eigenvalue weighted by Gasteiger charge is -2.23. The lowest BCUT2D eigenvalue weighted by atomic mass is 10.1. The largest absolute Gasteiger partial charge is 0.340 e. The molecule has 3 heteroatoms. The van der Waals surface area contributed by atoms with Crippen molar-refractivity contribution in [2.24, 2.45) is 11.7 Å². The van der Waals surface area contributed by atoms with Crippen LogP contribution in [0.3, 0.4) is 0 Å². The first-order valence-electron chi connectivity index (χ1n) is 7.14. The van der Waals surface area contributed by atoms with Crippen LogP contribution >= 0.6 is 0 Å². The van der Waals surface area contributed by atoms with Crippen LogP contribution < -0.4 is 5.73 Å². The number of rotatable bonds is 9. The van der Waals surface area contributed by atoms with E-state index in [-0.39, 0.29) is 0 Å². The third-order valence-corrected chi connectivity index (χ3v) is 3.35. The Morgan fingerprint density at radius 3 is 2.53 bits per heavy atom. The number of hydrogen-bond donors (Lipinski definition) is 1. The van der Waals surface area contributed by atoms with Gasteiger partial charge in [0, 0.05) is 19.0 Å². The van der Waals surface area contributed by atoms with E-state index in [4.69, 9.17) is 5.73 Å². The molecular weight excluding hydrogens is 212 g/mol. The Balaban J connectivity index is 2.23. The molecule has 17 heavy (non-hydrogen) atoms. The number of unbranched alkanes of at least 4 members (excludes halogenated alkanes) is 2. The number of hydrogen-bond acceptors (Lipinski definition) is 2. The minimum absolute atomic E-state index is 0.366. The van der Waals surface area contributed by atoms with Gasteiger partial charge in [-0.25, -0.2) is 0 Å². The zero-order chi connectivity index (χ0) is 12.7. The summed E-state index contributed by atoms with van der Waals surface area (Å²) < 4.78 is 0. The fourth-order valence-electron chi connectivity index (χ4n) is 2.04. The van der Waals surface area contributed by atoms with Gasteiger partial charge in [-0.15, -0.1) is 0 Å². The minimum Gasteiger partial charge on any atom is -0.340 e. The molecule has 0 aromatic carbocycles. The molecule has 100 valence electrons. The molecule has 0 unspecified atom stereocenters. The molecule has 0 aromatic heterocycles. The Hall–Kier alpha value is -0.570. The summed E-state index contributed by atoms with van der Waals surface area (Å²) in [6, 6.07) is 0.566. The normalized spacial score (nSPS) is 15.3. The van der Waals surface area contributed by atoms with Crippen LogP contribution in [0, 0.1) is 5.92 Å². The standard InChI is InChI=1S/C14H28N2O/c1-12(2)9-11-16(13-7-8-13)14(17)6-4-3-5-10-15/h12-13H,3-11,15H2,1-2H3. The highest BCUT2D eigenvalue weighted by Gasteiger charge is 2.31. The van der Waals surface area contributed by atoms with E-state index in [1.807, 2.05) is 0 Å². The van der Waals surface area contributed by atoms with Crippen LogP contribution in [-0.4, -0.2) is 29.9 Å². The van der Waals surface area contributed by atoms with Crippen LogP contribution in [0.4, 0.5) is 0 Å². The smallest absolute Gasteiger partial charge is 0.222 e. The van der Waals surface area contributed by atoms with Gasteiger partial charge in [-0.05, 0) is 44.6 Å². The van der Waals surface area contributed by atoms with E-state index in [9.17, 15) is 4.79 Å². The first-order chi connectivity index (χ1) is 8.15. The van der Waals surface area contributed by atoms with E-state index in [2.05, 4.69) is 18.7 Å². The molecule has 1 saturated carbocycles. The molecule has 1 rings (SSSR count). The van der Waals surface area contributed by atoms with Crippen molar-refractivity contribution in [1.29, 1.82) is 0 Å². The number of carbonyl (C=O) groups is 1. The first-order valence-corrected chi connectivity index (χ1v) is 7.14. The fourth-order valence-corrected chi connectivity index (χ4v) is 2.04. The number of nitrogens with zero attached hydrogens (tertiary/aromatic N) is 1. The molecule has 0 aromatic rings. The Bertz CT molecular complexity index is 224. The zero-order valence-corrected chi connectivity index (χ0v) is 11.5. The lowest BCUT2D eigenvalue weighted by molar-refractivity contribution is -0.132. The number of nitrogens with two attached hydrogens (primary N) is 1. The highest BCUT2D eigenvalue weighted by atomic mass is 16.2. The Kier molecular flexibility index (Phi) is 6.56. The van der Waals surface area contributed by atoms with E-state index in [1.54, 1.807) is 0 Å². The van der Waals surface area contributed by atoms with Gasteiger partial charge in [-0.3, -0.25) is 4.79 Å². The SMILES string of the molecule is CC(C)CCN(C(=O)CCCCCN)C1CC1. The number of carbonyl (C=O) groups excluding carboxylic acids is 1. The molecular formula is C14H28N2O. The maximum absolute atomic E-state index is 12.1. The average molecular weight is 240 g/mol. The zero-order valence-electron chi connectivity index (χ0n) is 11.5. The first kappa shape index (κ1) is 14.5. The van der Waals surface area contributed by atoms with Gasteiger partial charge in [-0.2, -0.15) is 0 Å². The molecule has 0 saturated heterocycles. The molecule has 1 aliphatic carbocycles. The van der Waals surface area contributed by atoms with Crippen LogP contribution in [-0.2, 0) is 4.79 Å². The third kappa shape index (κ3) is 6.06. The van der Waals surface area contributed by atoms with Crippen LogP contribution in [0.15, 0.2) is 0 Å². The molecule has 0 bridgehead atoms. The molecule has 1 fully saturated rings. The van der Waals surface area contributed by atoms with E-state index >= 15 is 0 Å². The summed E-state index contributed by atoms with van der Waals surface area (Å²) in [4.78, 5) is 14.2. The van der Waals surface area contributed by atoms with Crippen molar-refractivity contribution in [3.63, 3.8) is 0 Å². The highest BCUT2D eigenvalue weighted by Crippen LogP contribution is 2.28. The van der Waals surface area contributed by atoms with E-state index in [1.165, 1.54) is 12.8 Å².